The molecule has 104 valence electrons. The van der Waals surface area contributed by atoms with Crippen LogP contribution in [0.5, 0.6) is 0 Å². The second-order valence-corrected chi connectivity index (χ2v) is 5.63. The molecule has 0 saturated carbocycles. The van der Waals surface area contributed by atoms with Crippen LogP contribution in [0.4, 0.5) is 5.69 Å². The lowest BCUT2D eigenvalue weighted by atomic mass is 10.1. The Kier molecular flexibility index (Phi) is 4.36. The normalized spacial score (nSPS) is 25.5. The number of piperidine rings is 2. The van der Waals surface area contributed by atoms with Gasteiger partial charge >= 0.3 is 0 Å². The third-order valence-corrected chi connectivity index (χ3v) is 4.20. The van der Waals surface area contributed by atoms with Crippen molar-refractivity contribution in [1.82, 2.24) is 5.32 Å². The van der Waals surface area contributed by atoms with Crippen LogP contribution in [0.2, 0.25) is 0 Å². The first-order valence-corrected chi connectivity index (χ1v) is 7.58. The summed E-state index contributed by atoms with van der Waals surface area (Å²) in [5.41, 5.74) is 1.35. The molecule has 3 heteroatoms. The number of benzene rings is 1. The van der Waals surface area contributed by atoms with Crippen LogP contribution in [0.3, 0.4) is 0 Å². The largest absolute Gasteiger partial charge is 0.374 e. The van der Waals surface area contributed by atoms with Gasteiger partial charge in [-0.15, -0.1) is 0 Å². The predicted octanol–water partition coefficient (Wildman–Crippen LogP) is 2.42. The molecule has 2 heterocycles. The Morgan fingerprint density at radius 2 is 1.79 bits per heavy atom. The first-order chi connectivity index (χ1) is 9.42. The van der Waals surface area contributed by atoms with Crippen LogP contribution < -0.4 is 10.2 Å². The van der Waals surface area contributed by atoms with Crippen LogP contribution >= 0.6 is 0 Å². The van der Waals surface area contributed by atoms with Gasteiger partial charge in [0.15, 0.2) is 0 Å². The van der Waals surface area contributed by atoms with Gasteiger partial charge in [-0.1, -0.05) is 18.2 Å². The summed E-state index contributed by atoms with van der Waals surface area (Å²) >= 11 is 0. The molecule has 2 aliphatic heterocycles. The van der Waals surface area contributed by atoms with Gasteiger partial charge in [-0.05, 0) is 44.4 Å². The smallest absolute Gasteiger partial charge is 0.0703 e. The lowest BCUT2D eigenvalue weighted by Crippen LogP contribution is -2.42. The molecule has 1 unspecified atom stereocenters. The van der Waals surface area contributed by atoms with Gasteiger partial charge in [0.25, 0.3) is 0 Å². The lowest BCUT2D eigenvalue weighted by molar-refractivity contribution is -0.0330. The average Bonchev–Trinajstić information content (AvgIpc) is 2.50. The van der Waals surface area contributed by atoms with Gasteiger partial charge in [-0.2, -0.15) is 0 Å². The van der Waals surface area contributed by atoms with Crippen molar-refractivity contribution in [1.29, 1.82) is 0 Å². The molecule has 1 aromatic carbocycles. The Morgan fingerprint density at radius 1 is 1.00 bits per heavy atom. The van der Waals surface area contributed by atoms with E-state index in [-0.39, 0.29) is 0 Å². The fourth-order valence-corrected chi connectivity index (χ4v) is 3.10. The third-order valence-electron chi connectivity index (χ3n) is 4.20. The third kappa shape index (κ3) is 3.48. The lowest BCUT2D eigenvalue weighted by Gasteiger charge is -2.36. The minimum Gasteiger partial charge on any atom is -0.374 e. The minimum atomic E-state index is 0.446. The van der Waals surface area contributed by atoms with Gasteiger partial charge in [-0.25, -0.2) is 0 Å². The molecule has 2 fully saturated rings. The summed E-state index contributed by atoms with van der Waals surface area (Å²) < 4.78 is 6.23. The van der Waals surface area contributed by atoms with Gasteiger partial charge in [0.1, 0.15) is 0 Å². The van der Waals surface area contributed by atoms with Crippen LogP contribution in [0.25, 0.3) is 0 Å². The highest BCUT2D eigenvalue weighted by Gasteiger charge is 2.23. The summed E-state index contributed by atoms with van der Waals surface area (Å²) in [6.07, 6.45) is 5.71. The molecule has 1 atom stereocenters. The highest BCUT2D eigenvalue weighted by molar-refractivity contribution is 5.46. The van der Waals surface area contributed by atoms with E-state index in [1.54, 1.807) is 0 Å². The van der Waals surface area contributed by atoms with Crippen LogP contribution in [-0.4, -0.2) is 38.4 Å². The van der Waals surface area contributed by atoms with E-state index in [1.807, 2.05) is 0 Å². The molecule has 0 amide bonds. The van der Waals surface area contributed by atoms with Crippen molar-refractivity contribution in [2.24, 2.45) is 0 Å². The summed E-state index contributed by atoms with van der Waals surface area (Å²) in [4.78, 5) is 2.47. The molecule has 1 N–H and O–H groups in total. The number of para-hydroxylation sites is 1. The minimum absolute atomic E-state index is 0.446. The fraction of sp³-hybridized carbons (Fsp3) is 0.625. The van der Waals surface area contributed by atoms with Gasteiger partial charge in [0.05, 0.1) is 12.2 Å². The Morgan fingerprint density at radius 3 is 2.47 bits per heavy atom. The zero-order chi connectivity index (χ0) is 12.9. The molecule has 19 heavy (non-hydrogen) atoms. The molecule has 0 radical (unpaired) electrons. The monoisotopic (exact) mass is 260 g/mol. The summed E-state index contributed by atoms with van der Waals surface area (Å²) in [7, 11) is 0. The molecule has 1 aromatic rings. The summed E-state index contributed by atoms with van der Waals surface area (Å²) in [5.74, 6) is 0. The van der Waals surface area contributed by atoms with Crippen LogP contribution in [0, 0.1) is 0 Å². The first-order valence-electron chi connectivity index (χ1n) is 7.58. The molecule has 0 bridgehead atoms. The van der Waals surface area contributed by atoms with Crippen LogP contribution in [0.1, 0.15) is 25.7 Å². The maximum Gasteiger partial charge on any atom is 0.0703 e. The first kappa shape index (κ1) is 12.9. The molecular weight excluding hydrogens is 236 g/mol. The van der Waals surface area contributed by atoms with E-state index in [0.717, 1.165) is 39.0 Å². The quantitative estimate of drug-likeness (QED) is 0.903. The van der Waals surface area contributed by atoms with Crippen molar-refractivity contribution in [3.05, 3.63) is 30.3 Å². The Labute approximate surface area is 115 Å². The van der Waals surface area contributed by atoms with Crippen molar-refractivity contribution >= 4 is 5.69 Å². The molecular formula is C16H24N2O. The number of hydrogen-bond donors (Lipinski definition) is 1. The van der Waals surface area contributed by atoms with Crippen molar-refractivity contribution < 1.29 is 4.74 Å². The molecule has 2 aliphatic rings. The van der Waals surface area contributed by atoms with E-state index in [0.29, 0.717) is 12.2 Å². The second-order valence-electron chi connectivity index (χ2n) is 5.63. The number of anilines is 1. The Balaban J connectivity index is 1.46. The molecule has 3 nitrogen and oxygen atoms in total. The molecule has 2 saturated heterocycles. The number of nitrogens with zero attached hydrogens (tertiary/aromatic N) is 1. The van der Waals surface area contributed by atoms with Crippen molar-refractivity contribution in [2.75, 3.05) is 31.1 Å². The van der Waals surface area contributed by atoms with E-state index >= 15 is 0 Å². The summed E-state index contributed by atoms with van der Waals surface area (Å²) in [5, 5.41) is 3.42. The highest BCUT2D eigenvalue weighted by Crippen LogP contribution is 2.22. The highest BCUT2D eigenvalue weighted by atomic mass is 16.5. The van der Waals surface area contributed by atoms with Crippen LogP contribution in [-0.2, 0) is 4.74 Å². The number of hydrogen-bond acceptors (Lipinski definition) is 3. The van der Waals surface area contributed by atoms with Crippen molar-refractivity contribution in [2.45, 2.75) is 37.9 Å². The maximum absolute atomic E-state index is 6.23. The van der Waals surface area contributed by atoms with Gasteiger partial charge < -0.3 is 15.0 Å². The Bertz CT molecular complexity index is 368. The van der Waals surface area contributed by atoms with E-state index in [2.05, 4.69) is 40.5 Å². The molecule has 0 spiro atoms. The fourth-order valence-electron chi connectivity index (χ4n) is 3.10. The zero-order valence-corrected chi connectivity index (χ0v) is 11.6. The zero-order valence-electron chi connectivity index (χ0n) is 11.6. The average molecular weight is 260 g/mol. The van der Waals surface area contributed by atoms with E-state index in [1.165, 1.54) is 18.5 Å². The Hall–Kier alpha value is -1.06. The summed E-state index contributed by atoms with van der Waals surface area (Å²) in [6, 6.07) is 10.7. The van der Waals surface area contributed by atoms with Gasteiger partial charge in [0, 0.05) is 25.3 Å². The van der Waals surface area contributed by atoms with E-state index in [4.69, 9.17) is 4.74 Å². The number of rotatable bonds is 3. The van der Waals surface area contributed by atoms with E-state index < -0.39 is 0 Å². The maximum atomic E-state index is 6.23. The molecule has 3 rings (SSSR count). The van der Waals surface area contributed by atoms with Crippen LogP contribution in [0.15, 0.2) is 30.3 Å². The van der Waals surface area contributed by atoms with Gasteiger partial charge in [-0.3, -0.25) is 0 Å². The second kappa shape index (κ2) is 6.40. The molecule has 0 aromatic heterocycles. The van der Waals surface area contributed by atoms with Gasteiger partial charge in [0.2, 0.25) is 0 Å². The van der Waals surface area contributed by atoms with E-state index in [9.17, 15) is 0 Å². The predicted molar refractivity (Wildman–Crippen MR) is 78.7 cm³/mol. The summed E-state index contributed by atoms with van der Waals surface area (Å²) in [6.45, 7) is 4.44. The van der Waals surface area contributed by atoms with Crippen molar-refractivity contribution in [3.8, 4) is 0 Å². The molecule has 0 aliphatic carbocycles. The van der Waals surface area contributed by atoms with Crippen molar-refractivity contribution in [3.63, 3.8) is 0 Å². The number of ether oxygens (including phenoxy) is 1. The number of nitrogens with one attached hydrogen (secondary N) is 1. The SMILES string of the molecule is c1ccc(N2CCC(OC3CCCNC3)CC2)cc1. The standard InChI is InChI=1S/C16H24N2O/c1-2-5-14(6-3-1)18-11-8-15(9-12-18)19-16-7-4-10-17-13-16/h1-3,5-6,15-17H,4,7-13H2. The topological polar surface area (TPSA) is 24.5 Å².